The minimum Gasteiger partial charge on any atom is -0.340 e. The second kappa shape index (κ2) is 5.62. The van der Waals surface area contributed by atoms with Crippen molar-refractivity contribution in [2.45, 2.75) is 25.7 Å². The summed E-state index contributed by atoms with van der Waals surface area (Å²) in [4.78, 5) is 4.64. The number of aryl methyl sites for hydroxylation is 2. The highest BCUT2D eigenvalue weighted by atomic mass is 35.5. The highest BCUT2D eigenvalue weighted by Crippen LogP contribution is 2.27. The number of hydrogen-bond acceptors (Lipinski definition) is 2. The number of halogens is 1. The van der Waals surface area contributed by atoms with Gasteiger partial charge in [-0.2, -0.15) is 0 Å². The van der Waals surface area contributed by atoms with Gasteiger partial charge in [-0.3, -0.25) is 0 Å². The van der Waals surface area contributed by atoms with Gasteiger partial charge in [0.2, 0.25) is 0 Å². The van der Waals surface area contributed by atoms with Crippen LogP contribution in [0, 0.1) is 0 Å². The zero-order valence-corrected chi connectivity index (χ0v) is 13.0. The first-order valence-corrected chi connectivity index (χ1v) is 8.11. The summed E-state index contributed by atoms with van der Waals surface area (Å²) in [6, 6.07) is 16.5. The molecule has 4 rings (SSSR count). The summed E-state index contributed by atoms with van der Waals surface area (Å²) in [5.41, 5.74) is 4.90. The summed E-state index contributed by atoms with van der Waals surface area (Å²) in [6.07, 6.45) is 4.99. The van der Waals surface area contributed by atoms with Gasteiger partial charge in [0.25, 0.3) is 0 Å². The van der Waals surface area contributed by atoms with E-state index in [-0.39, 0.29) is 0 Å². The molecule has 0 amide bonds. The van der Waals surface area contributed by atoms with Crippen molar-refractivity contribution in [3.63, 3.8) is 0 Å². The van der Waals surface area contributed by atoms with Crippen molar-refractivity contribution in [1.82, 2.24) is 4.98 Å². The molecule has 0 unspecified atom stereocenters. The van der Waals surface area contributed by atoms with Crippen LogP contribution in [-0.4, -0.2) is 4.98 Å². The summed E-state index contributed by atoms with van der Waals surface area (Å²) in [5.74, 6) is 0.830. The number of fused-ring (bicyclic) bond motifs is 2. The molecule has 22 heavy (non-hydrogen) atoms. The van der Waals surface area contributed by atoms with Crippen molar-refractivity contribution >= 4 is 34.0 Å². The first-order valence-electron chi connectivity index (χ1n) is 7.74. The Kier molecular flexibility index (Phi) is 3.47. The lowest BCUT2D eigenvalue weighted by Crippen LogP contribution is -2.03. The van der Waals surface area contributed by atoms with Crippen LogP contribution in [0.15, 0.2) is 48.5 Å². The van der Waals surface area contributed by atoms with E-state index in [2.05, 4.69) is 34.6 Å². The van der Waals surface area contributed by atoms with E-state index in [1.54, 1.807) is 0 Å². The number of pyridine rings is 1. The number of para-hydroxylation sites is 1. The molecule has 1 aromatic heterocycles. The fourth-order valence-corrected chi connectivity index (χ4v) is 3.36. The highest BCUT2D eigenvalue weighted by molar-refractivity contribution is 6.35. The molecule has 0 bridgehead atoms. The van der Waals surface area contributed by atoms with Crippen LogP contribution in [-0.2, 0) is 12.8 Å². The Morgan fingerprint density at radius 2 is 1.77 bits per heavy atom. The molecular weight excluding hydrogens is 292 g/mol. The molecule has 0 saturated carbocycles. The maximum atomic E-state index is 6.24. The average Bonchev–Trinajstić information content (AvgIpc) is 2.56. The molecule has 0 atom stereocenters. The molecule has 1 N–H and O–H groups in total. The predicted molar refractivity (Wildman–Crippen MR) is 93.1 cm³/mol. The fraction of sp³-hybridized carbons (Fsp3) is 0.211. The second-order valence-electron chi connectivity index (χ2n) is 5.82. The Morgan fingerprint density at radius 1 is 0.909 bits per heavy atom. The van der Waals surface area contributed by atoms with Crippen molar-refractivity contribution in [3.05, 3.63) is 64.7 Å². The van der Waals surface area contributed by atoms with Gasteiger partial charge in [-0.1, -0.05) is 29.8 Å². The second-order valence-corrected chi connectivity index (χ2v) is 6.23. The lowest BCUT2D eigenvalue weighted by Gasteiger charge is -2.17. The molecular formula is C19H17ClN2. The van der Waals surface area contributed by atoms with E-state index < -0.39 is 0 Å². The number of hydrogen-bond donors (Lipinski definition) is 1. The van der Waals surface area contributed by atoms with Crippen LogP contribution in [0.3, 0.4) is 0 Å². The fourth-order valence-electron chi connectivity index (χ4n) is 3.14. The van der Waals surface area contributed by atoms with E-state index in [0.717, 1.165) is 22.4 Å². The van der Waals surface area contributed by atoms with Crippen LogP contribution in [0.4, 0.5) is 11.5 Å². The number of benzene rings is 2. The zero-order valence-electron chi connectivity index (χ0n) is 12.3. The number of nitrogens with zero attached hydrogens (tertiary/aromatic N) is 1. The zero-order chi connectivity index (χ0) is 14.9. The molecule has 3 heteroatoms. The Labute approximate surface area is 135 Å². The van der Waals surface area contributed by atoms with Crippen LogP contribution >= 0.6 is 11.6 Å². The number of anilines is 2. The van der Waals surface area contributed by atoms with E-state index in [0.29, 0.717) is 5.02 Å². The third-order valence-corrected chi connectivity index (χ3v) is 4.60. The lowest BCUT2D eigenvalue weighted by molar-refractivity contribution is 0.686. The third kappa shape index (κ3) is 2.55. The van der Waals surface area contributed by atoms with Gasteiger partial charge in [0.1, 0.15) is 5.82 Å². The molecule has 2 nitrogen and oxygen atoms in total. The van der Waals surface area contributed by atoms with Crippen molar-refractivity contribution in [3.8, 4) is 0 Å². The summed E-state index contributed by atoms with van der Waals surface area (Å²) < 4.78 is 0. The summed E-state index contributed by atoms with van der Waals surface area (Å²) in [5, 5.41) is 5.15. The Bertz CT molecular complexity index is 842. The van der Waals surface area contributed by atoms with Gasteiger partial charge >= 0.3 is 0 Å². The third-order valence-electron chi connectivity index (χ3n) is 4.29. The van der Waals surface area contributed by atoms with E-state index >= 15 is 0 Å². The van der Waals surface area contributed by atoms with E-state index in [4.69, 9.17) is 11.6 Å². The molecule has 0 aliphatic heterocycles. The van der Waals surface area contributed by atoms with Gasteiger partial charge in [0.05, 0.1) is 10.5 Å². The standard InChI is InChI=1S/C19H17ClN2/c20-17-7-3-6-14-9-11-18(22-19(14)17)21-16-10-8-13-4-1-2-5-15(13)12-16/h3,6-12H,1-2,4-5H2,(H,21,22). The Balaban J connectivity index is 1.67. The minimum absolute atomic E-state index is 0.687. The van der Waals surface area contributed by atoms with Gasteiger partial charge < -0.3 is 5.32 Å². The number of nitrogens with one attached hydrogen (secondary N) is 1. The number of rotatable bonds is 2. The van der Waals surface area contributed by atoms with Gasteiger partial charge in [-0.05, 0) is 67.1 Å². The average molecular weight is 309 g/mol. The summed E-state index contributed by atoms with van der Waals surface area (Å²) in [6.45, 7) is 0. The SMILES string of the molecule is Clc1cccc2ccc(Nc3ccc4c(c3)CCCC4)nc12. The molecule has 0 spiro atoms. The quantitative estimate of drug-likeness (QED) is 0.675. The predicted octanol–water partition coefficient (Wildman–Crippen LogP) is 5.51. The van der Waals surface area contributed by atoms with Gasteiger partial charge in [0, 0.05) is 11.1 Å². The molecule has 1 aliphatic carbocycles. The first kappa shape index (κ1) is 13.6. The van der Waals surface area contributed by atoms with Crippen LogP contribution in [0.2, 0.25) is 5.02 Å². The Hall–Kier alpha value is -2.06. The van der Waals surface area contributed by atoms with Crippen molar-refractivity contribution in [2.75, 3.05) is 5.32 Å². The van der Waals surface area contributed by atoms with E-state index in [9.17, 15) is 0 Å². The maximum absolute atomic E-state index is 6.24. The molecule has 3 aromatic rings. The highest BCUT2D eigenvalue weighted by Gasteiger charge is 2.10. The molecule has 0 radical (unpaired) electrons. The normalized spacial score (nSPS) is 13.9. The van der Waals surface area contributed by atoms with Crippen molar-refractivity contribution < 1.29 is 0 Å². The topological polar surface area (TPSA) is 24.9 Å². The van der Waals surface area contributed by atoms with E-state index in [1.165, 1.54) is 36.8 Å². The van der Waals surface area contributed by atoms with E-state index in [1.807, 2.05) is 24.3 Å². The molecule has 2 aromatic carbocycles. The molecule has 1 heterocycles. The van der Waals surface area contributed by atoms with Crippen LogP contribution in [0.1, 0.15) is 24.0 Å². The van der Waals surface area contributed by atoms with Crippen molar-refractivity contribution in [2.24, 2.45) is 0 Å². The van der Waals surface area contributed by atoms with Crippen molar-refractivity contribution in [1.29, 1.82) is 0 Å². The van der Waals surface area contributed by atoms with Crippen LogP contribution in [0.25, 0.3) is 10.9 Å². The van der Waals surface area contributed by atoms with Gasteiger partial charge in [-0.25, -0.2) is 4.98 Å². The summed E-state index contributed by atoms with van der Waals surface area (Å²) >= 11 is 6.24. The molecule has 1 aliphatic rings. The first-order chi connectivity index (χ1) is 10.8. The van der Waals surface area contributed by atoms with Crippen LogP contribution in [0.5, 0.6) is 0 Å². The largest absolute Gasteiger partial charge is 0.340 e. The Morgan fingerprint density at radius 3 is 2.68 bits per heavy atom. The monoisotopic (exact) mass is 308 g/mol. The summed E-state index contributed by atoms with van der Waals surface area (Å²) in [7, 11) is 0. The van der Waals surface area contributed by atoms with Gasteiger partial charge in [0.15, 0.2) is 0 Å². The molecule has 0 fully saturated rings. The molecule has 0 saturated heterocycles. The minimum atomic E-state index is 0.687. The smallest absolute Gasteiger partial charge is 0.131 e. The number of aromatic nitrogens is 1. The van der Waals surface area contributed by atoms with Gasteiger partial charge in [-0.15, -0.1) is 0 Å². The lowest BCUT2D eigenvalue weighted by atomic mass is 9.91. The molecule has 110 valence electrons. The maximum Gasteiger partial charge on any atom is 0.131 e. The van der Waals surface area contributed by atoms with Crippen LogP contribution < -0.4 is 5.32 Å².